The van der Waals surface area contributed by atoms with Crippen molar-refractivity contribution >= 4 is 22.5 Å². The zero-order chi connectivity index (χ0) is 17.8. The minimum Gasteiger partial charge on any atom is -0.378 e. The number of pyridine rings is 1. The van der Waals surface area contributed by atoms with Gasteiger partial charge in [0.1, 0.15) is 5.69 Å². The van der Waals surface area contributed by atoms with Gasteiger partial charge in [-0.1, -0.05) is 36.4 Å². The van der Waals surface area contributed by atoms with E-state index in [0.717, 1.165) is 17.3 Å². The summed E-state index contributed by atoms with van der Waals surface area (Å²) in [6.45, 7) is 2.01. The highest BCUT2D eigenvalue weighted by Gasteiger charge is 2.12. The lowest BCUT2D eigenvalue weighted by Gasteiger charge is -2.16. The zero-order valence-electron chi connectivity index (χ0n) is 14.9. The van der Waals surface area contributed by atoms with E-state index in [4.69, 9.17) is 0 Å². The summed E-state index contributed by atoms with van der Waals surface area (Å²) < 4.78 is 0. The molecule has 0 saturated carbocycles. The summed E-state index contributed by atoms with van der Waals surface area (Å²) in [6.07, 6.45) is 0.785. The molecule has 1 aromatic heterocycles. The van der Waals surface area contributed by atoms with Gasteiger partial charge in [-0.3, -0.25) is 4.79 Å². The first kappa shape index (κ1) is 17.0. The summed E-state index contributed by atoms with van der Waals surface area (Å²) >= 11 is 0. The highest BCUT2D eigenvalue weighted by atomic mass is 16.1. The molecule has 0 bridgehead atoms. The Labute approximate surface area is 148 Å². The van der Waals surface area contributed by atoms with Crippen molar-refractivity contribution in [3.05, 3.63) is 71.9 Å². The van der Waals surface area contributed by atoms with Crippen LogP contribution in [-0.4, -0.2) is 31.0 Å². The lowest BCUT2D eigenvalue weighted by Crippen LogP contribution is -2.34. The molecule has 0 saturated heterocycles. The molecule has 0 aliphatic carbocycles. The summed E-state index contributed by atoms with van der Waals surface area (Å²) in [5, 5.41) is 4.07. The van der Waals surface area contributed by atoms with Gasteiger partial charge in [-0.05, 0) is 43.2 Å². The first-order valence-corrected chi connectivity index (χ1v) is 8.46. The van der Waals surface area contributed by atoms with E-state index in [-0.39, 0.29) is 11.9 Å². The van der Waals surface area contributed by atoms with Gasteiger partial charge in [0, 0.05) is 31.2 Å². The van der Waals surface area contributed by atoms with Gasteiger partial charge in [0.25, 0.3) is 5.91 Å². The van der Waals surface area contributed by atoms with Crippen molar-refractivity contribution in [1.82, 2.24) is 10.3 Å². The van der Waals surface area contributed by atoms with Gasteiger partial charge >= 0.3 is 0 Å². The molecule has 0 aliphatic heterocycles. The van der Waals surface area contributed by atoms with Gasteiger partial charge in [0.2, 0.25) is 0 Å². The minimum atomic E-state index is -0.136. The number of rotatable bonds is 5. The Morgan fingerprint density at radius 3 is 2.48 bits per heavy atom. The number of carbonyl (C=O) groups excluding carboxylic acids is 1. The average molecular weight is 333 g/mol. The maximum atomic E-state index is 12.5. The van der Waals surface area contributed by atoms with Gasteiger partial charge in [0.15, 0.2) is 0 Å². The monoisotopic (exact) mass is 333 g/mol. The van der Waals surface area contributed by atoms with E-state index in [1.807, 2.05) is 51.4 Å². The van der Waals surface area contributed by atoms with Crippen molar-refractivity contribution in [2.45, 2.75) is 19.4 Å². The molecule has 3 rings (SSSR count). The SMILES string of the molecule is C[C@@H](Cc1ccc(N(C)C)cc1)NC(=O)c1ccc2ccccc2n1. The number of anilines is 1. The normalized spacial score (nSPS) is 12.0. The fourth-order valence-electron chi connectivity index (χ4n) is 2.82. The van der Waals surface area contributed by atoms with E-state index in [0.29, 0.717) is 5.69 Å². The molecule has 25 heavy (non-hydrogen) atoms. The molecule has 4 nitrogen and oxygen atoms in total. The number of aromatic nitrogens is 1. The van der Waals surface area contributed by atoms with Crippen LogP contribution in [0.5, 0.6) is 0 Å². The number of hydrogen-bond acceptors (Lipinski definition) is 3. The third-order valence-electron chi connectivity index (χ3n) is 4.20. The van der Waals surface area contributed by atoms with E-state index in [2.05, 4.69) is 39.5 Å². The van der Waals surface area contributed by atoms with Crippen LogP contribution in [0.25, 0.3) is 10.9 Å². The van der Waals surface area contributed by atoms with Gasteiger partial charge in [0.05, 0.1) is 5.52 Å². The van der Waals surface area contributed by atoms with Crippen LogP contribution >= 0.6 is 0 Å². The highest BCUT2D eigenvalue weighted by molar-refractivity contribution is 5.95. The molecule has 0 aliphatic rings. The summed E-state index contributed by atoms with van der Waals surface area (Å²) in [5.41, 5.74) is 3.65. The predicted molar refractivity (Wildman–Crippen MR) is 103 cm³/mol. The molecule has 128 valence electrons. The summed E-state index contributed by atoms with van der Waals surface area (Å²) in [4.78, 5) is 19.0. The number of hydrogen-bond donors (Lipinski definition) is 1. The topological polar surface area (TPSA) is 45.2 Å². The molecular formula is C21H23N3O. The molecule has 1 heterocycles. The van der Waals surface area contributed by atoms with Crippen molar-refractivity contribution in [2.24, 2.45) is 0 Å². The van der Waals surface area contributed by atoms with E-state index in [1.54, 1.807) is 6.07 Å². The Morgan fingerprint density at radius 2 is 1.76 bits per heavy atom. The lowest BCUT2D eigenvalue weighted by molar-refractivity contribution is 0.0935. The van der Waals surface area contributed by atoms with Crippen LogP contribution in [0.2, 0.25) is 0 Å². The smallest absolute Gasteiger partial charge is 0.270 e. The maximum absolute atomic E-state index is 12.5. The molecule has 0 fully saturated rings. The standard InChI is InChI=1S/C21H23N3O/c1-15(14-16-8-11-18(12-9-16)24(2)3)22-21(25)20-13-10-17-6-4-5-7-19(17)23-20/h4-13,15H,14H2,1-3H3,(H,22,25)/t15-/m0/s1. The molecule has 0 unspecified atom stereocenters. The molecule has 1 N–H and O–H groups in total. The fourth-order valence-corrected chi connectivity index (χ4v) is 2.82. The Kier molecular flexibility index (Phi) is 4.98. The number of amides is 1. The number of nitrogens with one attached hydrogen (secondary N) is 1. The summed E-state index contributed by atoms with van der Waals surface area (Å²) in [7, 11) is 4.04. The van der Waals surface area contributed by atoms with Crippen molar-refractivity contribution in [3.8, 4) is 0 Å². The van der Waals surface area contributed by atoms with Gasteiger partial charge < -0.3 is 10.2 Å². The number of fused-ring (bicyclic) bond motifs is 1. The number of para-hydroxylation sites is 1. The predicted octanol–water partition coefficient (Wildman–Crippen LogP) is 3.66. The zero-order valence-corrected chi connectivity index (χ0v) is 14.9. The summed E-state index contributed by atoms with van der Waals surface area (Å²) in [6, 6.07) is 19.9. The van der Waals surface area contributed by atoms with Crippen molar-refractivity contribution in [2.75, 3.05) is 19.0 Å². The third kappa shape index (κ3) is 4.15. The van der Waals surface area contributed by atoms with E-state index in [1.165, 1.54) is 11.3 Å². The fraction of sp³-hybridized carbons (Fsp3) is 0.238. The van der Waals surface area contributed by atoms with Crippen LogP contribution in [0, 0.1) is 0 Å². The number of nitrogens with zero attached hydrogens (tertiary/aromatic N) is 2. The molecule has 1 amide bonds. The molecule has 1 atom stereocenters. The van der Waals surface area contributed by atoms with E-state index in [9.17, 15) is 4.79 Å². The molecule has 0 radical (unpaired) electrons. The second-order valence-electron chi connectivity index (χ2n) is 6.53. The molecule has 2 aromatic carbocycles. The lowest BCUT2D eigenvalue weighted by atomic mass is 10.1. The Morgan fingerprint density at radius 1 is 1.04 bits per heavy atom. The Balaban J connectivity index is 1.64. The molecule has 3 aromatic rings. The third-order valence-corrected chi connectivity index (χ3v) is 4.20. The van der Waals surface area contributed by atoms with Gasteiger partial charge in [-0.15, -0.1) is 0 Å². The summed E-state index contributed by atoms with van der Waals surface area (Å²) in [5.74, 6) is -0.136. The van der Waals surface area contributed by atoms with Gasteiger partial charge in [-0.25, -0.2) is 4.98 Å². The van der Waals surface area contributed by atoms with E-state index >= 15 is 0 Å². The number of benzene rings is 2. The van der Waals surface area contributed by atoms with Crippen LogP contribution in [0.15, 0.2) is 60.7 Å². The first-order valence-electron chi connectivity index (χ1n) is 8.46. The van der Waals surface area contributed by atoms with Crippen LogP contribution < -0.4 is 10.2 Å². The first-order chi connectivity index (χ1) is 12.0. The largest absolute Gasteiger partial charge is 0.378 e. The van der Waals surface area contributed by atoms with Crippen LogP contribution in [0.1, 0.15) is 23.0 Å². The van der Waals surface area contributed by atoms with Crippen molar-refractivity contribution in [1.29, 1.82) is 0 Å². The molecular weight excluding hydrogens is 310 g/mol. The Bertz CT molecular complexity index is 872. The number of carbonyl (C=O) groups is 1. The maximum Gasteiger partial charge on any atom is 0.270 e. The molecule has 0 spiro atoms. The van der Waals surface area contributed by atoms with E-state index < -0.39 is 0 Å². The highest BCUT2D eigenvalue weighted by Crippen LogP contribution is 2.14. The van der Waals surface area contributed by atoms with Crippen LogP contribution in [0.3, 0.4) is 0 Å². The van der Waals surface area contributed by atoms with Crippen LogP contribution in [0.4, 0.5) is 5.69 Å². The van der Waals surface area contributed by atoms with Gasteiger partial charge in [-0.2, -0.15) is 0 Å². The van der Waals surface area contributed by atoms with Crippen molar-refractivity contribution < 1.29 is 4.79 Å². The van der Waals surface area contributed by atoms with Crippen molar-refractivity contribution in [3.63, 3.8) is 0 Å². The quantitative estimate of drug-likeness (QED) is 0.775. The second-order valence-corrected chi connectivity index (χ2v) is 6.53. The van der Waals surface area contributed by atoms with Crippen LogP contribution in [-0.2, 0) is 6.42 Å². The molecule has 4 heteroatoms. The minimum absolute atomic E-state index is 0.0333. The average Bonchev–Trinajstić information content (AvgIpc) is 2.61. The second kappa shape index (κ2) is 7.34. The Hall–Kier alpha value is -2.88.